The van der Waals surface area contributed by atoms with Crippen LogP contribution in [0, 0.1) is 11.3 Å². The number of fused-ring (bicyclic) bond motifs is 2. The number of nitrogens with zero attached hydrogens (tertiary/aromatic N) is 3. The van der Waals surface area contributed by atoms with E-state index >= 15 is 0 Å². The van der Waals surface area contributed by atoms with Gasteiger partial charge in [-0.25, -0.2) is 0 Å². The Labute approximate surface area is 156 Å². The zero-order valence-corrected chi connectivity index (χ0v) is 15.4. The second-order valence-corrected chi connectivity index (χ2v) is 7.72. The molecule has 0 fully saturated rings. The first kappa shape index (κ1) is 16.7. The molecule has 0 saturated heterocycles. The summed E-state index contributed by atoms with van der Waals surface area (Å²) in [6.45, 7) is 4.23. The van der Waals surface area contributed by atoms with Crippen LogP contribution in [0.15, 0.2) is 58.1 Å². The maximum atomic E-state index is 12.5. The minimum Gasteiger partial charge on any atom is -0.282 e. The van der Waals surface area contributed by atoms with Crippen molar-refractivity contribution in [2.45, 2.75) is 20.3 Å². The number of carbonyl (C=O) groups excluding carboxylic acids is 1. The number of amides is 1. The number of carbonyl (C=O) groups is 1. The third kappa shape index (κ3) is 2.97. The van der Waals surface area contributed by atoms with Crippen LogP contribution in [0.2, 0.25) is 0 Å². The Balaban J connectivity index is 1.74. The standard InChI is InChI=1S/C20H18N4OS/c1-12(2)10-17-23-24-18(21)16(19(25)22-20(24)26-17)11-14-8-5-7-13-6-3-4-9-15(13)14/h3-9,11-12,21H,10H2,1-2H3/b16-11-,21-18?. The third-order valence-electron chi connectivity index (χ3n) is 4.20. The van der Waals surface area contributed by atoms with E-state index in [1.165, 1.54) is 16.8 Å². The maximum Gasteiger partial charge on any atom is 0.283 e. The van der Waals surface area contributed by atoms with Crippen molar-refractivity contribution < 1.29 is 4.79 Å². The van der Waals surface area contributed by atoms with E-state index in [-0.39, 0.29) is 17.3 Å². The van der Waals surface area contributed by atoms with Gasteiger partial charge in [0.15, 0.2) is 5.84 Å². The summed E-state index contributed by atoms with van der Waals surface area (Å²) in [4.78, 5) is 16.7. The summed E-state index contributed by atoms with van der Waals surface area (Å²) in [6.07, 6.45) is 2.55. The van der Waals surface area contributed by atoms with Crippen molar-refractivity contribution in [2.75, 3.05) is 0 Å². The molecule has 0 aliphatic carbocycles. The van der Waals surface area contributed by atoms with Crippen molar-refractivity contribution in [3.05, 3.63) is 53.6 Å². The minimum atomic E-state index is -0.386. The van der Waals surface area contributed by atoms with Gasteiger partial charge in [-0.3, -0.25) is 10.2 Å². The fourth-order valence-corrected chi connectivity index (χ4v) is 4.09. The van der Waals surface area contributed by atoms with Gasteiger partial charge in [-0.05, 0) is 40.1 Å². The van der Waals surface area contributed by atoms with Gasteiger partial charge in [0, 0.05) is 6.42 Å². The summed E-state index contributed by atoms with van der Waals surface area (Å²) in [5.74, 6) is 0.153. The molecule has 0 radical (unpaired) electrons. The smallest absolute Gasteiger partial charge is 0.282 e. The topological polar surface area (TPSA) is 68.9 Å². The zero-order chi connectivity index (χ0) is 18.3. The molecular weight excluding hydrogens is 344 g/mol. The van der Waals surface area contributed by atoms with Gasteiger partial charge in [0.05, 0.1) is 5.57 Å². The summed E-state index contributed by atoms with van der Waals surface area (Å²) in [6, 6.07) is 13.9. The van der Waals surface area contributed by atoms with Gasteiger partial charge in [0.2, 0.25) is 5.17 Å². The lowest BCUT2D eigenvalue weighted by Crippen LogP contribution is -2.35. The molecule has 6 heteroatoms. The number of aliphatic imine (C=N–C) groups is 1. The highest BCUT2D eigenvalue weighted by Gasteiger charge is 2.35. The number of thioether (sulfide) groups is 1. The van der Waals surface area contributed by atoms with Gasteiger partial charge in [0.1, 0.15) is 5.04 Å². The number of hydrogen-bond donors (Lipinski definition) is 1. The number of hydrogen-bond acceptors (Lipinski definition) is 4. The van der Waals surface area contributed by atoms with E-state index in [1.807, 2.05) is 42.5 Å². The summed E-state index contributed by atoms with van der Waals surface area (Å²) >= 11 is 1.38. The van der Waals surface area contributed by atoms with Crippen LogP contribution in [-0.4, -0.2) is 27.0 Å². The molecule has 2 aromatic rings. The lowest BCUT2D eigenvalue weighted by Gasteiger charge is -2.20. The molecule has 0 spiro atoms. The van der Waals surface area contributed by atoms with E-state index in [1.54, 1.807) is 6.08 Å². The van der Waals surface area contributed by atoms with E-state index < -0.39 is 0 Å². The van der Waals surface area contributed by atoms with Gasteiger partial charge in [0.25, 0.3) is 5.91 Å². The first-order valence-electron chi connectivity index (χ1n) is 8.50. The average Bonchev–Trinajstić information content (AvgIpc) is 3.00. The van der Waals surface area contributed by atoms with E-state index in [9.17, 15) is 4.79 Å². The quantitative estimate of drug-likeness (QED) is 0.817. The highest BCUT2D eigenvalue weighted by Crippen LogP contribution is 2.31. The van der Waals surface area contributed by atoms with Crippen LogP contribution < -0.4 is 0 Å². The normalized spacial score (nSPS) is 18.6. The molecule has 4 rings (SSSR count). The van der Waals surface area contributed by atoms with Crippen LogP contribution in [-0.2, 0) is 4.79 Å². The zero-order valence-electron chi connectivity index (χ0n) is 14.6. The lowest BCUT2D eigenvalue weighted by atomic mass is 10.0. The predicted molar refractivity (Wildman–Crippen MR) is 108 cm³/mol. The minimum absolute atomic E-state index is 0.0826. The van der Waals surface area contributed by atoms with Crippen molar-refractivity contribution in [3.8, 4) is 0 Å². The fourth-order valence-electron chi connectivity index (χ4n) is 3.00. The Morgan fingerprint density at radius 2 is 1.96 bits per heavy atom. The van der Waals surface area contributed by atoms with E-state index in [4.69, 9.17) is 5.41 Å². The van der Waals surface area contributed by atoms with Crippen molar-refractivity contribution in [1.82, 2.24) is 5.01 Å². The molecule has 0 aromatic heterocycles. The maximum absolute atomic E-state index is 12.5. The molecule has 2 aromatic carbocycles. The molecule has 2 heterocycles. The summed E-state index contributed by atoms with van der Waals surface area (Å²) in [7, 11) is 0. The molecule has 1 amide bonds. The van der Waals surface area contributed by atoms with Crippen LogP contribution in [0.4, 0.5) is 0 Å². The highest BCUT2D eigenvalue weighted by atomic mass is 32.2. The third-order valence-corrected chi connectivity index (χ3v) is 5.13. The highest BCUT2D eigenvalue weighted by molar-refractivity contribution is 8.26. The van der Waals surface area contributed by atoms with Crippen molar-refractivity contribution in [3.63, 3.8) is 0 Å². The Hall–Kier alpha value is -2.73. The summed E-state index contributed by atoms with van der Waals surface area (Å²) in [5.41, 5.74) is 1.16. The average molecular weight is 362 g/mol. The van der Waals surface area contributed by atoms with Gasteiger partial charge in [-0.15, -0.1) is 0 Å². The van der Waals surface area contributed by atoms with E-state index in [0.29, 0.717) is 11.1 Å². The molecule has 130 valence electrons. The molecule has 5 nitrogen and oxygen atoms in total. The molecule has 0 atom stereocenters. The first-order chi connectivity index (χ1) is 12.5. The van der Waals surface area contributed by atoms with Crippen LogP contribution in [0.5, 0.6) is 0 Å². The number of amidine groups is 2. The molecule has 0 bridgehead atoms. The molecule has 2 aliphatic heterocycles. The van der Waals surface area contributed by atoms with Crippen molar-refractivity contribution in [2.24, 2.45) is 16.0 Å². The molecule has 1 N–H and O–H groups in total. The Morgan fingerprint density at radius 3 is 2.77 bits per heavy atom. The number of nitrogens with one attached hydrogen (secondary N) is 1. The number of rotatable bonds is 3. The van der Waals surface area contributed by atoms with Gasteiger partial charge in [-0.2, -0.15) is 15.1 Å². The molecule has 0 saturated carbocycles. The molecule has 0 unspecified atom stereocenters. The van der Waals surface area contributed by atoms with Crippen LogP contribution >= 0.6 is 11.8 Å². The molecule has 2 aliphatic rings. The van der Waals surface area contributed by atoms with Gasteiger partial charge < -0.3 is 0 Å². The summed E-state index contributed by atoms with van der Waals surface area (Å²) < 4.78 is 0. The van der Waals surface area contributed by atoms with Crippen LogP contribution in [0.1, 0.15) is 25.8 Å². The Kier molecular flexibility index (Phi) is 4.20. The summed E-state index contributed by atoms with van der Waals surface area (Å²) in [5, 5.41) is 17.9. The molecular formula is C20H18N4OS. The van der Waals surface area contributed by atoms with Gasteiger partial charge >= 0.3 is 0 Å². The second-order valence-electron chi connectivity index (χ2n) is 6.68. The van der Waals surface area contributed by atoms with Gasteiger partial charge in [-0.1, -0.05) is 56.3 Å². The van der Waals surface area contributed by atoms with Crippen LogP contribution in [0.3, 0.4) is 0 Å². The van der Waals surface area contributed by atoms with Crippen LogP contribution in [0.25, 0.3) is 16.8 Å². The number of hydrazone groups is 1. The Bertz CT molecular complexity index is 1010. The van der Waals surface area contributed by atoms with Crippen molar-refractivity contribution >= 4 is 50.6 Å². The monoisotopic (exact) mass is 362 g/mol. The van der Waals surface area contributed by atoms with E-state index in [2.05, 4.69) is 23.9 Å². The number of benzene rings is 2. The SMILES string of the molecule is CC(C)CC1=NN2C(=N)/C(=C/c3cccc4ccccc34)C(=O)N=C2S1. The Morgan fingerprint density at radius 1 is 1.19 bits per heavy atom. The van der Waals surface area contributed by atoms with Crippen molar-refractivity contribution in [1.29, 1.82) is 5.41 Å². The second kappa shape index (κ2) is 6.53. The lowest BCUT2D eigenvalue weighted by molar-refractivity contribution is -0.114. The largest absolute Gasteiger partial charge is 0.283 e. The molecule has 26 heavy (non-hydrogen) atoms. The first-order valence-corrected chi connectivity index (χ1v) is 9.31. The predicted octanol–water partition coefficient (Wildman–Crippen LogP) is 4.51. The van der Waals surface area contributed by atoms with E-state index in [0.717, 1.165) is 27.8 Å². The fraction of sp³-hybridized carbons (Fsp3) is 0.200.